The number of fused-ring (bicyclic) bond motifs is 3. The number of methoxy groups -OCH3 is 2. The molecule has 0 fully saturated rings. The molecule has 3 aromatic rings. The third kappa shape index (κ3) is 1.88. The predicted molar refractivity (Wildman–Crippen MR) is 84.0 cm³/mol. The van der Waals surface area contributed by atoms with Crippen LogP contribution in [0.3, 0.4) is 0 Å². The van der Waals surface area contributed by atoms with Gasteiger partial charge in [0, 0.05) is 16.3 Å². The van der Waals surface area contributed by atoms with Crippen molar-refractivity contribution in [1.29, 1.82) is 5.26 Å². The second kappa shape index (κ2) is 4.99. The summed E-state index contributed by atoms with van der Waals surface area (Å²) < 4.78 is 10.9. The molecule has 0 aliphatic rings. The first-order valence-electron chi connectivity index (χ1n) is 6.68. The van der Waals surface area contributed by atoms with E-state index in [9.17, 15) is 5.26 Å². The van der Waals surface area contributed by atoms with Gasteiger partial charge in [-0.05, 0) is 42.0 Å². The minimum Gasteiger partial charge on any atom is -0.496 e. The van der Waals surface area contributed by atoms with E-state index in [0.717, 1.165) is 38.6 Å². The minimum atomic E-state index is 0.634. The van der Waals surface area contributed by atoms with E-state index in [1.165, 1.54) is 0 Å². The van der Waals surface area contributed by atoms with Crippen LogP contribution in [0.4, 0.5) is 0 Å². The van der Waals surface area contributed by atoms with E-state index >= 15 is 0 Å². The van der Waals surface area contributed by atoms with Gasteiger partial charge in [-0.2, -0.15) is 5.26 Å². The van der Waals surface area contributed by atoms with Gasteiger partial charge in [-0.25, -0.2) is 0 Å². The van der Waals surface area contributed by atoms with Crippen LogP contribution >= 0.6 is 0 Å². The summed E-state index contributed by atoms with van der Waals surface area (Å²) in [5.41, 5.74) is 1.50. The number of nitrogens with zero attached hydrogens (tertiary/aromatic N) is 1. The third-order valence-electron chi connectivity index (χ3n) is 3.89. The van der Waals surface area contributed by atoms with Crippen LogP contribution in [0.1, 0.15) is 11.1 Å². The quantitative estimate of drug-likeness (QED) is 0.659. The van der Waals surface area contributed by atoms with E-state index in [2.05, 4.69) is 6.07 Å². The van der Waals surface area contributed by atoms with Crippen molar-refractivity contribution in [3.63, 3.8) is 0 Å². The van der Waals surface area contributed by atoms with Gasteiger partial charge in [0.25, 0.3) is 0 Å². The fourth-order valence-corrected chi connectivity index (χ4v) is 2.84. The topological polar surface area (TPSA) is 42.2 Å². The van der Waals surface area contributed by atoms with Crippen molar-refractivity contribution in [1.82, 2.24) is 0 Å². The zero-order valence-electron chi connectivity index (χ0n) is 12.2. The molecule has 0 unspecified atom stereocenters. The summed E-state index contributed by atoms with van der Waals surface area (Å²) in [6.07, 6.45) is 0. The molecule has 0 atom stereocenters. The Balaban J connectivity index is 2.54. The molecule has 0 saturated carbocycles. The van der Waals surface area contributed by atoms with E-state index in [1.807, 2.05) is 43.3 Å². The highest BCUT2D eigenvalue weighted by atomic mass is 16.5. The maximum Gasteiger partial charge on any atom is 0.130 e. The van der Waals surface area contributed by atoms with E-state index in [-0.39, 0.29) is 0 Å². The normalized spacial score (nSPS) is 10.6. The molecule has 0 amide bonds. The van der Waals surface area contributed by atoms with Crippen LogP contribution in [0.25, 0.3) is 21.5 Å². The van der Waals surface area contributed by atoms with Crippen LogP contribution in [-0.4, -0.2) is 14.2 Å². The third-order valence-corrected chi connectivity index (χ3v) is 3.89. The van der Waals surface area contributed by atoms with Gasteiger partial charge in [0.05, 0.1) is 25.9 Å². The SMILES string of the molecule is COc1cccc2c1ccc1c(OC)c(C)c(C#N)cc12. The highest BCUT2D eigenvalue weighted by Crippen LogP contribution is 2.38. The molecule has 0 spiro atoms. The van der Waals surface area contributed by atoms with E-state index in [4.69, 9.17) is 9.47 Å². The van der Waals surface area contributed by atoms with Gasteiger partial charge >= 0.3 is 0 Å². The molecule has 0 bridgehead atoms. The Morgan fingerprint density at radius 2 is 1.67 bits per heavy atom. The van der Waals surface area contributed by atoms with Gasteiger partial charge in [0.2, 0.25) is 0 Å². The van der Waals surface area contributed by atoms with E-state index in [0.29, 0.717) is 5.56 Å². The molecule has 3 aromatic carbocycles. The van der Waals surface area contributed by atoms with Crippen LogP contribution < -0.4 is 9.47 Å². The van der Waals surface area contributed by atoms with Gasteiger partial charge in [-0.3, -0.25) is 0 Å². The molecule has 0 radical (unpaired) electrons. The monoisotopic (exact) mass is 277 g/mol. The number of hydrogen-bond donors (Lipinski definition) is 0. The summed E-state index contributed by atoms with van der Waals surface area (Å²) in [6.45, 7) is 1.91. The summed E-state index contributed by atoms with van der Waals surface area (Å²) in [5.74, 6) is 1.58. The lowest BCUT2D eigenvalue weighted by Crippen LogP contribution is -1.94. The first kappa shape index (κ1) is 13.3. The van der Waals surface area contributed by atoms with Crippen LogP contribution in [0.2, 0.25) is 0 Å². The Bertz CT molecular complexity index is 891. The molecule has 0 aromatic heterocycles. The lowest BCUT2D eigenvalue weighted by molar-refractivity contribution is 0.416. The smallest absolute Gasteiger partial charge is 0.130 e. The number of nitriles is 1. The fraction of sp³-hybridized carbons (Fsp3) is 0.167. The molecular formula is C18H15NO2. The number of benzene rings is 3. The summed E-state index contributed by atoms with van der Waals surface area (Å²) in [7, 11) is 3.30. The van der Waals surface area contributed by atoms with Crippen molar-refractivity contribution < 1.29 is 9.47 Å². The maximum absolute atomic E-state index is 9.34. The molecule has 0 N–H and O–H groups in total. The number of rotatable bonds is 2. The molecular weight excluding hydrogens is 262 g/mol. The zero-order valence-corrected chi connectivity index (χ0v) is 12.2. The van der Waals surface area contributed by atoms with Gasteiger partial charge in [-0.15, -0.1) is 0 Å². The molecule has 3 rings (SSSR count). The maximum atomic E-state index is 9.34. The minimum absolute atomic E-state index is 0.634. The molecule has 21 heavy (non-hydrogen) atoms. The summed E-state index contributed by atoms with van der Waals surface area (Å²) in [4.78, 5) is 0. The Labute approximate surface area is 123 Å². The number of ether oxygens (including phenoxy) is 2. The van der Waals surface area contributed by atoms with Crippen molar-refractivity contribution in [3.8, 4) is 17.6 Å². The summed E-state index contributed by atoms with van der Waals surface area (Å²) >= 11 is 0. The predicted octanol–water partition coefficient (Wildman–Crippen LogP) is 4.19. The summed E-state index contributed by atoms with van der Waals surface area (Å²) in [5, 5.41) is 13.4. The highest BCUT2D eigenvalue weighted by molar-refractivity contribution is 6.12. The molecule has 0 aliphatic carbocycles. The molecule has 0 saturated heterocycles. The summed E-state index contributed by atoms with van der Waals surface area (Å²) in [6, 6.07) is 14.2. The average molecular weight is 277 g/mol. The Hall–Kier alpha value is -2.73. The van der Waals surface area contributed by atoms with Gasteiger partial charge < -0.3 is 9.47 Å². The lowest BCUT2D eigenvalue weighted by Gasteiger charge is -2.13. The fourth-order valence-electron chi connectivity index (χ4n) is 2.84. The van der Waals surface area contributed by atoms with Crippen molar-refractivity contribution in [3.05, 3.63) is 47.5 Å². The second-order valence-corrected chi connectivity index (χ2v) is 4.91. The lowest BCUT2D eigenvalue weighted by atomic mass is 9.96. The molecule has 3 nitrogen and oxygen atoms in total. The first-order valence-corrected chi connectivity index (χ1v) is 6.68. The van der Waals surface area contributed by atoms with Gasteiger partial charge in [0.15, 0.2) is 0 Å². The zero-order chi connectivity index (χ0) is 15.0. The van der Waals surface area contributed by atoms with Crippen LogP contribution in [0.5, 0.6) is 11.5 Å². The average Bonchev–Trinajstić information content (AvgIpc) is 2.53. The van der Waals surface area contributed by atoms with Crippen LogP contribution in [0.15, 0.2) is 36.4 Å². The Kier molecular flexibility index (Phi) is 3.15. The van der Waals surface area contributed by atoms with Crippen LogP contribution in [-0.2, 0) is 0 Å². The second-order valence-electron chi connectivity index (χ2n) is 4.91. The largest absolute Gasteiger partial charge is 0.496 e. The van der Waals surface area contributed by atoms with Crippen molar-refractivity contribution >= 4 is 21.5 Å². The van der Waals surface area contributed by atoms with Crippen molar-refractivity contribution in [2.75, 3.05) is 14.2 Å². The standard InChI is InChI=1S/C18H15NO2/c1-11-12(10-19)9-16-13-5-4-6-17(20-2)14(13)7-8-15(16)18(11)21-3/h4-9H,1-3H3. The van der Waals surface area contributed by atoms with Crippen molar-refractivity contribution in [2.45, 2.75) is 6.92 Å². The molecule has 3 heteroatoms. The van der Waals surface area contributed by atoms with E-state index < -0.39 is 0 Å². The van der Waals surface area contributed by atoms with Gasteiger partial charge in [-0.1, -0.05) is 12.1 Å². The highest BCUT2D eigenvalue weighted by Gasteiger charge is 2.13. The number of hydrogen-bond acceptors (Lipinski definition) is 3. The molecule has 0 aliphatic heterocycles. The Morgan fingerprint density at radius 3 is 2.33 bits per heavy atom. The molecule has 104 valence electrons. The molecule has 0 heterocycles. The van der Waals surface area contributed by atoms with Crippen molar-refractivity contribution in [2.24, 2.45) is 0 Å². The van der Waals surface area contributed by atoms with E-state index in [1.54, 1.807) is 14.2 Å². The van der Waals surface area contributed by atoms with Crippen LogP contribution in [0, 0.1) is 18.3 Å². The Morgan fingerprint density at radius 1 is 0.905 bits per heavy atom. The van der Waals surface area contributed by atoms with Gasteiger partial charge in [0.1, 0.15) is 11.5 Å². The first-order chi connectivity index (χ1) is 10.2.